The van der Waals surface area contributed by atoms with Crippen LogP contribution in [0.25, 0.3) is 0 Å². The summed E-state index contributed by atoms with van der Waals surface area (Å²) >= 11 is 6.00. The van der Waals surface area contributed by atoms with Gasteiger partial charge in [0.1, 0.15) is 5.02 Å². The number of ether oxygens (including phenoxy) is 1. The lowest BCUT2D eigenvalue weighted by Crippen LogP contribution is -2.35. The maximum atomic E-state index is 6.00. The molecule has 0 amide bonds. The van der Waals surface area contributed by atoms with Gasteiger partial charge in [0.05, 0.1) is 12.8 Å². The van der Waals surface area contributed by atoms with Crippen LogP contribution in [0.5, 0.6) is 5.88 Å². The van der Waals surface area contributed by atoms with Crippen LogP contribution in [0, 0.1) is 0 Å². The van der Waals surface area contributed by atoms with E-state index >= 15 is 0 Å². The summed E-state index contributed by atoms with van der Waals surface area (Å²) in [7, 11) is 1.54. The highest BCUT2D eigenvalue weighted by molar-refractivity contribution is 6.31. The molecule has 0 spiro atoms. The van der Waals surface area contributed by atoms with Crippen molar-refractivity contribution >= 4 is 11.6 Å². The van der Waals surface area contributed by atoms with Crippen molar-refractivity contribution < 1.29 is 4.74 Å². The average molecular weight is 242 g/mol. The molecule has 1 unspecified atom stereocenters. The Balaban J connectivity index is 2.01. The summed E-state index contributed by atoms with van der Waals surface area (Å²) in [5.41, 5.74) is 0.921. The van der Waals surface area contributed by atoms with E-state index in [0.717, 1.165) is 18.7 Å². The molecule has 1 atom stereocenters. The predicted molar refractivity (Wildman–Crippen MR) is 62.9 cm³/mol. The number of piperidine rings is 1. The van der Waals surface area contributed by atoms with Crippen LogP contribution in [0.4, 0.5) is 0 Å². The van der Waals surface area contributed by atoms with E-state index in [1.165, 1.54) is 26.4 Å². The van der Waals surface area contributed by atoms with Crippen molar-refractivity contribution in [2.45, 2.75) is 31.7 Å². The monoisotopic (exact) mass is 241 g/mol. The summed E-state index contributed by atoms with van der Waals surface area (Å²) in [5.74, 6) is 0.391. The van der Waals surface area contributed by atoms with Crippen molar-refractivity contribution in [3.63, 3.8) is 0 Å². The van der Waals surface area contributed by atoms with E-state index in [4.69, 9.17) is 16.3 Å². The Morgan fingerprint density at radius 1 is 1.50 bits per heavy atom. The molecule has 1 fully saturated rings. The molecule has 4 nitrogen and oxygen atoms in total. The third-order valence-corrected chi connectivity index (χ3v) is 3.10. The van der Waals surface area contributed by atoms with E-state index in [9.17, 15) is 0 Å². The fraction of sp³-hybridized carbons (Fsp3) is 0.636. The van der Waals surface area contributed by atoms with Gasteiger partial charge in [-0.25, -0.2) is 0 Å². The number of rotatable bonds is 3. The van der Waals surface area contributed by atoms with Gasteiger partial charge in [0.2, 0.25) is 0 Å². The fourth-order valence-electron chi connectivity index (χ4n) is 1.98. The van der Waals surface area contributed by atoms with Crippen LogP contribution in [0.2, 0.25) is 5.02 Å². The predicted octanol–water partition coefficient (Wildman–Crippen LogP) is 1.82. The maximum Gasteiger partial charge on any atom is 0.252 e. The minimum atomic E-state index is 0.391. The van der Waals surface area contributed by atoms with Gasteiger partial charge in [-0.2, -0.15) is 5.10 Å². The number of hydrogen-bond acceptors (Lipinski definition) is 4. The maximum absolute atomic E-state index is 6.00. The second-order valence-corrected chi connectivity index (χ2v) is 4.45. The Bertz CT molecular complexity index is 353. The Morgan fingerprint density at radius 2 is 2.38 bits per heavy atom. The third kappa shape index (κ3) is 2.83. The molecule has 0 radical (unpaired) electrons. The number of aromatic nitrogens is 2. The molecule has 0 saturated carbocycles. The van der Waals surface area contributed by atoms with Gasteiger partial charge in [-0.1, -0.05) is 18.0 Å². The van der Waals surface area contributed by atoms with Crippen molar-refractivity contribution in [2.75, 3.05) is 13.7 Å². The van der Waals surface area contributed by atoms with Crippen LogP contribution < -0.4 is 10.1 Å². The van der Waals surface area contributed by atoms with Crippen LogP contribution in [-0.4, -0.2) is 29.9 Å². The minimum Gasteiger partial charge on any atom is -0.479 e. The van der Waals surface area contributed by atoms with Crippen LogP contribution >= 0.6 is 11.6 Å². The smallest absolute Gasteiger partial charge is 0.252 e. The lowest BCUT2D eigenvalue weighted by atomic mass is 10.0. The second kappa shape index (κ2) is 5.46. The zero-order valence-electron chi connectivity index (χ0n) is 9.37. The standard InChI is InChI=1S/C11H16ClN3O/c1-16-11-10(12)7-9(14-15-11)6-8-4-2-3-5-13-8/h7-8,13H,2-6H2,1H3. The Morgan fingerprint density at radius 3 is 3.00 bits per heavy atom. The summed E-state index contributed by atoms with van der Waals surface area (Å²) in [6, 6.07) is 2.34. The molecule has 0 aliphatic carbocycles. The molecule has 1 aliphatic heterocycles. The summed E-state index contributed by atoms with van der Waals surface area (Å²) in [6.45, 7) is 1.10. The molecule has 0 aromatic carbocycles. The average Bonchev–Trinajstić information content (AvgIpc) is 2.31. The van der Waals surface area contributed by atoms with E-state index in [-0.39, 0.29) is 0 Å². The first-order valence-electron chi connectivity index (χ1n) is 5.59. The van der Waals surface area contributed by atoms with Crippen molar-refractivity contribution in [1.82, 2.24) is 15.5 Å². The summed E-state index contributed by atoms with van der Waals surface area (Å²) in [6.07, 6.45) is 4.64. The van der Waals surface area contributed by atoms with Gasteiger partial charge in [0.25, 0.3) is 5.88 Å². The molecular formula is C11H16ClN3O. The highest BCUT2D eigenvalue weighted by Gasteiger charge is 2.15. The van der Waals surface area contributed by atoms with Gasteiger partial charge in [-0.3, -0.25) is 0 Å². The van der Waals surface area contributed by atoms with Gasteiger partial charge in [-0.05, 0) is 25.5 Å². The molecule has 1 saturated heterocycles. The number of halogens is 1. The van der Waals surface area contributed by atoms with Gasteiger partial charge < -0.3 is 10.1 Å². The van der Waals surface area contributed by atoms with Gasteiger partial charge in [0.15, 0.2) is 0 Å². The van der Waals surface area contributed by atoms with E-state index in [1.807, 2.05) is 6.07 Å². The van der Waals surface area contributed by atoms with Crippen LogP contribution in [-0.2, 0) is 6.42 Å². The zero-order valence-corrected chi connectivity index (χ0v) is 10.1. The summed E-state index contributed by atoms with van der Waals surface area (Å²) < 4.78 is 4.97. The fourth-order valence-corrected chi connectivity index (χ4v) is 2.22. The van der Waals surface area contributed by atoms with Crippen molar-refractivity contribution in [3.05, 3.63) is 16.8 Å². The summed E-state index contributed by atoms with van der Waals surface area (Å²) in [5, 5.41) is 12.0. The summed E-state index contributed by atoms with van der Waals surface area (Å²) in [4.78, 5) is 0. The molecule has 88 valence electrons. The molecular weight excluding hydrogens is 226 g/mol. The van der Waals surface area contributed by atoms with E-state index in [2.05, 4.69) is 15.5 Å². The number of methoxy groups -OCH3 is 1. The van der Waals surface area contributed by atoms with Crippen LogP contribution in [0.3, 0.4) is 0 Å². The van der Waals surface area contributed by atoms with Gasteiger partial charge in [0, 0.05) is 12.5 Å². The van der Waals surface area contributed by atoms with Crippen molar-refractivity contribution in [2.24, 2.45) is 0 Å². The topological polar surface area (TPSA) is 47.0 Å². The lowest BCUT2D eigenvalue weighted by Gasteiger charge is -2.22. The SMILES string of the molecule is COc1nnc(CC2CCCCN2)cc1Cl. The molecule has 2 heterocycles. The first-order chi connectivity index (χ1) is 7.79. The molecule has 0 bridgehead atoms. The second-order valence-electron chi connectivity index (χ2n) is 4.04. The normalized spacial score (nSPS) is 20.8. The zero-order chi connectivity index (χ0) is 11.4. The largest absolute Gasteiger partial charge is 0.479 e. The first-order valence-corrected chi connectivity index (χ1v) is 5.97. The van der Waals surface area contributed by atoms with E-state index in [0.29, 0.717) is 16.9 Å². The number of nitrogens with zero attached hydrogens (tertiary/aromatic N) is 2. The Kier molecular flexibility index (Phi) is 3.96. The molecule has 1 aromatic rings. The van der Waals surface area contributed by atoms with Crippen molar-refractivity contribution in [1.29, 1.82) is 0 Å². The van der Waals surface area contributed by atoms with Gasteiger partial charge in [-0.15, -0.1) is 5.10 Å². The van der Waals surface area contributed by atoms with Crippen LogP contribution in [0.1, 0.15) is 25.0 Å². The molecule has 1 aromatic heterocycles. The molecule has 1 aliphatic rings. The van der Waals surface area contributed by atoms with E-state index in [1.54, 1.807) is 0 Å². The number of nitrogens with one attached hydrogen (secondary N) is 1. The Hall–Kier alpha value is -0.870. The lowest BCUT2D eigenvalue weighted by molar-refractivity contribution is 0.383. The van der Waals surface area contributed by atoms with Gasteiger partial charge >= 0.3 is 0 Å². The highest BCUT2D eigenvalue weighted by Crippen LogP contribution is 2.21. The van der Waals surface area contributed by atoms with Crippen molar-refractivity contribution in [3.8, 4) is 5.88 Å². The van der Waals surface area contributed by atoms with E-state index < -0.39 is 0 Å². The Labute approximate surface area is 100 Å². The molecule has 5 heteroatoms. The first kappa shape index (κ1) is 11.6. The third-order valence-electron chi connectivity index (χ3n) is 2.83. The quantitative estimate of drug-likeness (QED) is 0.877. The molecule has 2 rings (SSSR count). The molecule has 1 N–H and O–H groups in total. The van der Waals surface area contributed by atoms with Crippen LogP contribution in [0.15, 0.2) is 6.07 Å². The molecule has 16 heavy (non-hydrogen) atoms. The minimum absolute atomic E-state index is 0.391. The highest BCUT2D eigenvalue weighted by atomic mass is 35.5. The number of hydrogen-bond donors (Lipinski definition) is 1.